The van der Waals surface area contributed by atoms with E-state index in [1.54, 1.807) is 30.6 Å². The first-order valence-electron chi connectivity index (χ1n) is 9.63. The molecule has 0 spiro atoms. The number of nitrogens with zero attached hydrogens (tertiary/aromatic N) is 3. The van der Waals surface area contributed by atoms with Crippen molar-refractivity contribution >= 4 is 11.0 Å². The number of rotatable bonds is 3. The van der Waals surface area contributed by atoms with Crippen molar-refractivity contribution in [3.63, 3.8) is 0 Å². The molecule has 1 unspecified atom stereocenters. The zero-order valence-corrected chi connectivity index (χ0v) is 16.5. The van der Waals surface area contributed by atoms with Gasteiger partial charge in [0, 0.05) is 48.0 Å². The topological polar surface area (TPSA) is 87.3 Å². The predicted molar refractivity (Wildman–Crippen MR) is 111 cm³/mol. The highest BCUT2D eigenvalue weighted by Crippen LogP contribution is 2.37. The number of hydrogen-bond acceptors (Lipinski definition) is 7. The number of benzene rings is 1. The van der Waals surface area contributed by atoms with Gasteiger partial charge in [-0.3, -0.25) is 4.98 Å². The molecule has 0 saturated heterocycles. The molecule has 5 rings (SSSR count). The molecule has 4 heterocycles. The molecule has 30 heavy (non-hydrogen) atoms. The minimum Gasteiger partial charge on any atom is -0.484 e. The minimum absolute atomic E-state index is 0.269. The van der Waals surface area contributed by atoms with E-state index in [1.165, 1.54) is 12.4 Å². The molecule has 1 aliphatic heterocycles. The summed E-state index contributed by atoms with van der Waals surface area (Å²) in [6, 6.07) is 12.5. The summed E-state index contributed by atoms with van der Waals surface area (Å²) in [5.41, 5.74) is 2.13. The van der Waals surface area contributed by atoms with Gasteiger partial charge in [-0.2, -0.15) is 0 Å². The molecular weight excluding hydrogens is 382 g/mol. The van der Waals surface area contributed by atoms with Gasteiger partial charge in [0.25, 0.3) is 0 Å². The fraction of sp³-hybridized carbons (Fsp3) is 0.217. The maximum absolute atomic E-state index is 11.5. The van der Waals surface area contributed by atoms with E-state index in [9.17, 15) is 4.79 Å². The van der Waals surface area contributed by atoms with E-state index >= 15 is 0 Å². The lowest BCUT2D eigenvalue weighted by atomic mass is 9.90. The Balaban J connectivity index is 1.46. The molecule has 0 N–H and O–H groups in total. The van der Waals surface area contributed by atoms with E-state index in [0.29, 0.717) is 23.6 Å². The summed E-state index contributed by atoms with van der Waals surface area (Å²) in [6.07, 6.45) is 5.31. The minimum atomic E-state index is -0.616. The molecule has 3 aromatic heterocycles. The Hall–Kier alpha value is -3.74. The molecule has 1 atom stereocenters. The van der Waals surface area contributed by atoms with Crippen molar-refractivity contribution in [2.75, 3.05) is 0 Å². The number of aromatic nitrogens is 3. The molecule has 0 saturated carbocycles. The maximum atomic E-state index is 11.5. The standard InChI is InChI=1S/C23H19N3O4/c1-23(2)20(29-21-10-17(25-13-26-21)15-4-3-7-24-12-15)9-16-8-14-5-6-22(27)28-18(14)11-19(16)30-23/h3-8,10-13,20H,9H2,1-2H3. The van der Waals surface area contributed by atoms with E-state index < -0.39 is 5.60 Å². The summed E-state index contributed by atoms with van der Waals surface area (Å²) in [5.74, 6) is 1.17. The number of fused-ring (bicyclic) bond motifs is 2. The van der Waals surface area contributed by atoms with Gasteiger partial charge in [0.1, 0.15) is 29.4 Å². The molecule has 150 valence electrons. The van der Waals surface area contributed by atoms with Crippen molar-refractivity contribution in [1.29, 1.82) is 0 Å². The summed E-state index contributed by atoms with van der Waals surface area (Å²) in [4.78, 5) is 24.3. The average molecular weight is 401 g/mol. The molecule has 7 nitrogen and oxygen atoms in total. The molecule has 0 fully saturated rings. The van der Waals surface area contributed by atoms with E-state index in [0.717, 1.165) is 22.2 Å². The number of hydrogen-bond donors (Lipinski definition) is 0. The average Bonchev–Trinajstić information content (AvgIpc) is 2.74. The molecule has 7 heteroatoms. The molecule has 0 aliphatic carbocycles. The van der Waals surface area contributed by atoms with Gasteiger partial charge in [-0.15, -0.1) is 0 Å². The zero-order valence-electron chi connectivity index (χ0n) is 16.5. The normalized spacial score (nSPS) is 17.2. The first kappa shape index (κ1) is 18.3. The Kier molecular flexibility index (Phi) is 4.24. The van der Waals surface area contributed by atoms with Crippen LogP contribution < -0.4 is 15.1 Å². The molecule has 4 aromatic rings. The van der Waals surface area contributed by atoms with E-state index in [2.05, 4.69) is 15.0 Å². The third-order valence-corrected chi connectivity index (χ3v) is 5.22. The molecule has 0 radical (unpaired) electrons. The Morgan fingerprint density at radius 2 is 2.03 bits per heavy atom. The van der Waals surface area contributed by atoms with Gasteiger partial charge in [0.05, 0.1) is 5.69 Å². The quantitative estimate of drug-likeness (QED) is 0.483. The summed E-state index contributed by atoms with van der Waals surface area (Å²) in [6.45, 7) is 3.93. The Morgan fingerprint density at radius 3 is 2.87 bits per heavy atom. The van der Waals surface area contributed by atoms with Crippen molar-refractivity contribution in [3.8, 4) is 22.9 Å². The van der Waals surface area contributed by atoms with Crippen LogP contribution in [0, 0.1) is 0 Å². The van der Waals surface area contributed by atoms with Crippen molar-refractivity contribution < 1.29 is 13.9 Å². The summed E-state index contributed by atoms with van der Waals surface area (Å²) >= 11 is 0. The van der Waals surface area contributed by atoms with Crippen molar-refractivity contribution in [2.45, 2.75) is 32.0 Å². The van der Waals surface area contributed by atoms with Crippen LogP contribution in [0.15, 0.2) is 70.4 Å². The van der Waals surface area contributed by atoms with Gasteiger partial charge >= 0.3 is 5.63 Å². The third kappa shape index (κ3) is 3.39. The first-order chi connectivity index (χ1) is 14.5. The first-order valence-corrected chi connectivity index (χ1v) is 9.63. The van der Waals surface area contributed by atoms with Crippen molar-refractivity contribution in [2.24, 2.45) is 0 Å². The van der Waals surface area contributed by atoms with E-state index in [4.69, 9.17) is 13.9 Å². The van der Waals surface area contributed by atoms with Crippen LogP contribution in [0.4, 0.5) is 0 Å². The molecule has 0 amide bonds. The van der Waals surface area contributed by atoms with E-state index in [1.807, 2.05) is 32.0 Å². The van der Waals surface area contributed by atoms with Crippen LogP contribution in [-0.4, -0.2) is 26.7 Å². The Morgan fingerprint density at radius 1 is 1.13 bits per heavy atom. The van der Waals surface area contributed by atoms with Crippen molar-refractivity contribution in [3.05, 3.63) is 77.2 Å². The zero-order chi connectivity index (χ0) is 20.7. The maximum Gasteiger partial charge on any atom is 0.336 e. The molecule has 1 aliphatic rings. The predicted octanol–water partition coefficient (Wildman–Crippen LogP) is 3.81. The Labute approximate surface area is 172 Å². The van der Waals surface area contributed by atoms with Crippen LogP contribution in [0.2, 0.25) is 0 Å². The highest BCUT2D eigenvalue weighted by atomic mass is 16.6. The Bertz CT molecular complexity index is 1280. The molecule has 1 aromatic carbocycles. The summed E-state index contributed by atoms with van der Waals surface area (Å²) in [7, 11) is 0. The number of pyridine rings is 1. The van der Waals surface area contributed by atoms with Crippen LogP contribution in [0.1, 0.15) is 19.4 Å². The van der Waals surface area contributed by atoms with Crippen LogP contribution in [0.3, 0.4) is 0 Å². The van der Waals surface area contributed by atoms with Crippen molar-refractivity contribution in [1.82, 2.24) is 15.0 Å². The van der Waals surface area contributed by atoms with Gasteiger partial charge < -0.3 is 13.9 Å². The van der Waals surface area contributed by atoms with E-state index in [-0.39, 0.29) is 11.7 Å². The third-order valence-electron chi connectivity index (χ3n) is 5.22. The lowest BCUT2D eigenvalue weighted by molar-refractivity contribution is -0.0287. The monoisotopic (exact) mass is 401 g/mol. The van der Waals surface area contributed by atoms with Crippen LogP contribution in [0.25, 0.3) is 22.2 Å². The van der Waals surface area contributed by atoms with Crippen LogP contribution in [0.5, 0.6) is 11.6 Å². The van der Waals surface area contributed by atoms with Gasteiger partial charge in [-0.25, -0.2) is 14.8 Å². The second-order valence-electron chi connectivity index (χ2n) is 7.75. The second kappa shape index (κ2) is 6.95. The second-order valence-corrected chi connectivity index (χ2v) is 7.75. The fourth-order valence-corrected chi connectivity index (χ4v) is 3.60. The smallest absolute Gasteiger partial charge is 0.336 e. The highest BCUT2D eigenvalue weighted by molar-refractivity contribution is 5.79. The van der Waals surface area contributed by atoms with Crippen LogP contribution in [-0.2, 0) is 6.42 Å². The lowest BCUT2D eigenvalue weighted by Gasteiger charge is -2.39. The van der Waals surface area contributed by atoms with Gasteiger partial charge in [0.15, 0.2) is 0 Å². The molecule has 0 bridgehead atoms. The van der Waals surface area contributed by atoms with Gasteiger partial charge in [0.2, 0.25) is 5.88 Å². The SMILES string of the molecule is CC1(C)Oc2cc3oc(=O)ccc3cc2CC1Oc1cc(-c2cccnc2)ncn1. The molecular formula is C23H19N3O4. The fourth-order valence-electron chi connectivity index (χ4n) is 3.60. The lowest BCUT2D eigenvalue weighted by Crippen LogP contribution is -2.49. The van der Waals surface area contributed by atoms with Crippen LogP contribution >= 0.6 is 0 Å². The van der Waals surface area contributed by atoms with Gasteiger partial charge in [-0.1, -0.05) is 0 Å². The van der Waals surface area contributed by atoms with Gasteiger partial charge in [-0.05, 0) is 43.7 Å². The largest absolute Gasteiger partial charge is 0.484 e. The number of ether oxygens (including phenoxy) is 2. The summed E-state index contributed by atoms with van der Waals surface area (Å²) < 4.78 is 17.8. The highest BCUT2D eigenvalue weighted by Gasteiger charge is 2.39. The summed E-state index contributed by atoms with van der Waals surface area (Å²) in [5, 5.41) is 0.844.